The zero-order chi connectivity index (χ0) is 27.4. The maximum absolute atomic E-state index is 13.7. The average molecular weight is 532 g/mol. The number of carboxylic acid groups (broad SMARTS) is 1. The first-order valence-electron chi connectivity index (χ1n) is 14.9. The lowest BCUT2D eigenvalue weighted by Crippen LogP contribution is -2.62. The number of hydrogen-bond acceptors (Lipinski definition) is 5. The Hall–Kier alpha value is -1.73. The highest BCUT2D eigenvalue weighted by Gasteiger charge is 2.64. The van der Waals surface area contributed by atoms with Crippen molar-refractivity contribution in [2.75, 3.05) is 6.61 Å². The Labute approximate surface area is 226 Å². The van der Waals surface area contributed by atoms with Gasteiger partial charge in [0.2, 0.25) is 5.88 Å². The van der Waals surface area contributed by atoms with E-state index >= 15 is 0 Å². The van der Waals surface area contributed by atoms with Gasteiger partial charge in [-0.1, -0.05) is 34.1 Å². The third-order valence-corrected chi connectivity index (χ3v) is 12.0. The fraction of sp³-hybridized carbons (Fsp3) is 0.806. The van der Waals surface area contributed by atoms with Crippen LogP contribution in [0.25, 0.3) is 0 Å². The van der Waals surface area contributed by atoms with Gasteiger partial charge in [-0.15, -0.1) is 0 Å². The fourth-order valence-electron chi connectivity index (χ4n) is 10.1. The van der Waals surface area contributed by atoms with Crippen molar-refractivity contribution in [3.8, 4) is 5.88 Å². The van der Waals surface area contributed by atoms with E-state index in [0.717, 1.165) is 63.6 Å². The zero-order valence-electron chi connectivity index (χ0n) is 23.4. The van der Waals surface area contributed by atoms with Gasteiger partial charge in [0.25, 0.3) is 0 Å². The summed E-state index contributed by atoms with van der Waals surface area (Å²) in [5, 5.41) is 31.5. The van der Waals surface area contributed by atoms with Gasteiger partial charge in [0.15, 0.2) is 5.82 Å². The van der Waals surface area contributed by atoms with E-state index in [1.165, 1.54) is 6.42 Å². The van der Waals surface area contributed by atoms with Gasteiger partial charge in [-0.2, -0.15) is 0 Å². The molecule has 4 saturated carbocycles. The Morgan fingerprint density at radius 3 is 2.55 bits per heavy atom. The molecule has 1 heterocycles. The largest absolute Gasteiger partial charge is 0.478 e. The maximum Gasteiger partial charge on any atom is 0.338 e. The standard InChI is InChI=1S/C31H46FNO5/c1-5-19-24-14-18(34)8-11-31(24,4)23-9-12-30(3)21(6-7-22(30)27(23)28(19)35)17(2)10-13-38-26-15-20(29(36)37)25(32)16-33-26/h15-19,21-24,27-28,34-35H,5-14H2,1-4H3,(H,36,37)/t17-,18-,19-,21-,22?,23+,24+,27+,28-,30-,31-/m1/s1. The average Bonchev–Trinajstić information content (AvgIpc) is 3.23. The van der Waals surface area contributed by atoms with Crippen LogP contribution in [-0.4, -0.2) is 45.1 Å². The van der Waals surface area contributed by atoms with Crippen molar-refractivity contribution < 1.29 is 29.2 Å². The van der Waals surface area contributed by atoms with Gasteiger partial charge < -0.3 is 20.1 Å². The fourth-order valence-corrected chi connectivity index (χ4v) is 10.1. The van der Waals surface area contributed by atoms with E-state index in [1.54, 1.807) is 0 Å². The summed E-state index contributed by atoms with van der Waals surface area (Å²) in [6.45, 7) is 9.86. The number of aliphatic hydroxyl groups is 2. The topological polar surface area (TPSA) is 99.9 Å². The van der Waals surface area contributed by atoms with Crippen molar-refractivity contribution in [3.05, 3.63) is 23.6 Å². The summed E-state index contributed by atoms with van der Waals surface area (Å²) < 4.78 is 19.4. The van der Waals surface area contributed by atoms with Crippen LogP contribution < -0.4 is 4.74 Å². The Balaban J connectivity index is 1.28. The number of halogens is 1. The highest BCUT2D eigenvalue weighted by Crippen LogP contribution is 2.69. The van der Waals surface area contributed by atoms with Gasteiger partial charge in [-0.3, -0.25) is 0 Å². The molecule has 0 amide bonds. The van der Waals surface area contributed by atoms with Crippen molar-refractivity contribution in [2.24, 2.45) is 52.3 Å². The van der Waals surface area contributed by atoms with E-state index in [-0.39, 0.29) is 34.8 Å². The number of carbonyl (C=O) groups is 1. The number of aromatic nitrogens is 1. The monoisotopic (exact) mass is 531 g/mol. The summed E-state index contributed by atoms with van der Waals surface area (Å²) in [7, 11) is 0. The number of aliphatic hydroxyl groups excluding tert-OH is 2. The van der Waals surface area contributed by atoms with E-state index in [2.05, 4.69) is 32.7 Å². The third-order valence-electron chi connectivity index (χ3n) is 12.0. The predicted octanol–water partition coefficient (Wildman–Crippen LogP) is 5.95. The molecule has 4 aliphatic carbocycles. The summed E-state index contributed by atoms with van der Waals surface area (Å²) in [6.07, 6.45) is 9.65. The molecule has 1 aromatic heterocycles. The third kappa shape index (κ3) is 4.46. The number of pyridine rings is 1. The van der Waals surface area contributed by atoms with E-state index in [0.29, 0.717) is 42.1 Å². The van der Waals surface area contributed by atoms with Gasteiger partial charge >= 0.3 is 5.97 Å². The van der Waals surface area contributed by atoms with E-state index in [4.69, 9.17) is 9.84 Å². The molecule has 4 aliphatic rings. The second-order valence-corrected chi connectivity index (χ2v) is 13.5. The molecule has 4 fully saturated rings. The van der Waals surface area contributed by atoms with Crippen LogP contribution >= 0.6 is 0 Å². The molecular weight excluding hydrogens is 485 g/mol. The highest BCUT2D eigenvalue weighted by molar-refractivity contribution is 5.88. The van der Waals surface area contributed by atoms with Crippen molar-refractivity contribution in [2.45, 2.75) is 97.7 Å². The number of rotatable bonds is 7. The minimum atomic E-state index is -1.33. The molecule has 0 bridgehead atoms. The summed E-state index contributed by atoms with van der Waals surface area (Å²) in [4.78, 5) is 15.1. The Morgan fingerprint density at radius 2 is 1.84 bits per heavy atom. The number of carboxylic acids is 1. The Morgan fingerprint density at radius 1 is 1.13 bits per heavy atom. The predicted molar refractivity (Wildman–Crippen MR) is 142 cm³/mol. The van der Waals surface area contributed by atoms with Gasteiger partial charge in [-0.25, -0.2) is 14.2 Å². The SMILES string of the molecule is CC[C@H]1[C@@H](O)[C@H]2C3CC[C@H]([C@H](C)CCOc4cc(C(=O)O)c(F)cn4)[C@@]3(C)CC[C@@H]2[C@@]2(C)CC[C@@H](O)C[C@@H]12. The van der Waals surface area contributed by atoms with E-state index < -0.39 is 17.3 Å². The number of hydrogen-bond donors (Lipinski definition) is 3. The molecule has 0 aliphatic heterocycles. The molecule has 5 rings (SSSR count). The molecule has 0 saturated heterocycles. The molecule has 1 unspecified atom stereocenters. The number of aromatic carboxylic acids is 1. The van der Waals surface area contributed by atoms with Crippen molar-refractivity contribution in [1.82, 2.24) is 4.98 Å². The van der Waals surface area contributed by atoms with Crippen LogP contribution in [0.2, 0.25) is 0 Å². The summed E-state index contributed by atoms with van der Waals surface area (Å²) in [6, 6.07) is 1.16. The second-order valence-electron chi connectivity index (χ2n) is 13.5. The summed E-state index contributed by atoms with van der Waals surface area (Å²) in [5.41, 5.74) is -0.0348. The quantitative estimate of drug-likeness (QED) is 0.402. The Kier molecular flexibility index (Phi) is 7.58. The molecular formula is C31H46FNO5. The molecule has 6 nitrogen and oxygen atoms in total. The lowest BCUT2D eigenvalue weighted by Gasteiger charge is -2.64. The van der Waals surface area contributed by atoms with Gasteiger partial charge in [0.05, 0.1) is 25.0 Å². The number of fused-ring (bicyclic) bond motifs is 5. The van der Waals surface area contributed by atoms with Crippen LogP contribution in [0.5, 0.6) is 5.88 Å². The number of nitrogens with zero attached hydrogens (tertiary/aromatic N) is 1. The van der Waals surface area contributed by atoms with Crippen LogP contribution in [0.15, 0.2) is 12.3 Å². The first-order chi connectivity index (χ1) is 18.0. The molecule has 0 radical (unpaired) electrons. The lowest BCUT2D eigenvalue weighted by molar-refractivity contribution is -0.203. The first kappa shape index (κ1) is 27.8. The molecule has 38 heavy (non-hydrogen) atoms. The minimum Gasteiger partial charge on any atom is -0.478 e. The lowest BCUT2D eigenvalue weighted by atomic mass is 9.41. The first-order valence-corrected chi connectivity index (χ1v) is 14.9. The van der Waals surface area contributed by atoms with Crippen LogP contribution in [0.1, 0.15) is 95.8 Å². The Bertz CT molecular complexity index is 1040. The van der Waals surface area contributed by atoms with Gasteiger partial charge in [-0.05, 0) is 104 Å². The van der Waals surface area contributed by atoms with Crippen molar-refractivity contribution in [1.29, 1.82) is 0 Å². The minimum absolute atomic E-state index is 0.142. The molecule has 212 valence electrons. The van der Waals surface area contributed by atoms with E-state index in [9.17, 15) is 19.4 Å². The molecule has 3 N–H and O–H groups in total. The van der Waals surface area contributed by atoms with Crippen molar-refractivity contribution >= 4 is 5.97 Å². The van der Waals surface area contributed by atoms with Crippen LogP contribution in [0.3, 0.4) is 0 Å². The smallest absolute Gasteiger partial charge is 0.338 e. The van der Waals surface area contributed by atoms with Gasteiger partial charge in [0.1, 0.15) is 5.56 Å². The molecule has 7 heteroatoms. The second kappa shape index (κ2) is 10.3. The normalized spacial score (nSPS) is 43.0. The molecule has 0 spiro atoms. The van der Waals surface area contributed by atoms with Crippen LogP contribution in [-0.2, 0) is 0 Å². The molecule has 0 aromatic carbocycles. The zero-order valence-corrected chi connectivity index (χ0v) is 23.4. The van der Waals surface area contributed by atoms with Crippen LogP contribution in [0.4, 0.5) is 4.39 Å². The maximum atomic E-state index is 13.7. The van der Waals surface area contributed by atoms with Crippen LogP contribution in [0, 0.1) is 58.1 Å². The highest BCUT2D eigenvalue weighted by atomic mass is 19.1. The summed E-state index contributed by atoms with van der Waals surface area (Å²) in [5.74, 6) is 0.957. The molecule has 11 atom stereocenters. The van der Waals surface area contributed by atoms with Crippen molar-refractivity contribution in [3.63, 3.8) is 0 Å². The molecule has 1 aromatic rings. The van der Waals surface area contributed by atoms with E-state index in [1.807, 2.05) is 0 Å². The number of ether oxygens (including phenoxy) is 1. The van der Waals surface area contributed by atoms with Gasteiger partial charge in [0, 0.05) is 6.07 Å². The summed E-state index contributed by atoms with van der Waals surface area (Å²) >= 11 is 0.